The molecule has 0 aliphatic heterocycles. The van der Waals surface area contributed by atoms with Gasteiger partial charge in [-0.15, -0.1) is 0 Å². The molecule has 0 saturated carbocycles. The normalized spacial score (nSPS) is 11.9. The second kappa shape index (κ2) is 8.03. The first-order valence-corrected chi connectivity index (χ1v) is 8.33. The Morgan fingerprint density at radius 3 is 2.44 bits per heavy atom. The van der Waals surface area contributed by atoms with Crippen LogP contribution in [0.4, 0.5) is 11.4 Å². The maximum absolute atomic E-state index is 12.4. The van der Waals surface area contributed by atoms with Crippen LogP contribution in [0.5, 0.6) is 0 Å². The predicted octanol–water partition coefficient (Wildman–Crippen LogP) is 4.23. The molecule has 0 unspecified atom stereocenters. The zero-order valence-electron chi connectivity index (χ0n) is 14.4. The van der Waals surface area contributed by atoms with Crippen molar-refractivity contribution in [1.82, 2.24) is 0 Å². The first kappa shape index (κ1) is 18.8. The standard InChI is InChI=1S/C19H21ClN2O3/c1-11(2)14-6-4-5-7-17(14)22-18(23)12(3)25-19(24)15-9-8-13(20)10-16(15)21/h4-12H,21H2,1-3H3,(H,22,23)/t12-/m1/s1. The summed E-state index contributed by atoms with van der Waals surface area (Å²) in [5.74, 6) is -0.828. The molecule has 132 valence electrons. The number of nitrogens with two attached hydrogens (primary N) is 1. The third kappa shape index (κ3) is 4.73. The lowest BCUT2D eigenvalue weighted by atomic mass is 10.0. The summed E-state index contributed by atoms with van der Waals surface area (Å²) >= 11 is 5.81. The second-order valence-electron chi connectivity index (χ2n) is 6.01. The summed E-state index contributed by atoms with van der Waals surface area (Å²) in [5, 5.41) is 3.23. The van der Waals surface area contributed by atoms with Crippen molar-refractivity contribution in [2.24, 2.45) is 0 Å². The van der Waals surface area contributed by atoms with Gasteiger partial charge in [-0.1, -0.05) is 43.6 Å². The Balaban J connectivity index is 2.07. The molecule has 0 aliphatic rings. The third-order valence-electron chi connectivity index (χ3n) is 3.73. The highest BCUT2D eigenvalue weighted by molar-refractivity contribution is 6.31. The van der Waals surface area contributed by atoms with Crippen LogP contribution in [0.25, 0.3) is 0 Å². The summed E-state index contributed by atoms with van der Waals surface area (Å²) in [6.45, 7) is 5.59. The molecule has 0 spiro atoms. The van der Waals surface area contributed by atoms with E-state index in [0.717, 1.165) is 5.56 Å². The van der Waals surface area contributed by atoms with Crippen molar-refractivity contribution in [1.29, 1.82) is 0 Å². The molecule has 0 aromatic heterocycles. The predicted molar refractivity (Wildman–Crippen MR) is 99.9 cm³/mol. The zero-order valence-corrected chi connectivity index (χ0v) is 15.1. The van der Waals surface area contributed by atoms with Gasteiger partial charge in [-0.3, -0.25) is 4.79 Å². The number of anilines is 2. The Bertz CT molecular complexity index is 790. The minimum Gasteiger partial charge on any atom is -0.449 e. The van der Waals surface area contributed by atoms with Crippen LogP contribution in [-0.2, 0) is 9.53 Å². The topological polar surface area (TPSA) is 81.4 Å². The Morgan fingerprint density at radius 2 is 1.80 bits per heavy atom. The fraction of sp³-hybridized carbons (Fsp3) is 0.263. The summed E-state index contributed by atoms with van der Waals surface area (Å²) in [5.41, 5.74) is 7.86. The van der Waals surface area contributed by atoms with Crippen molar-refractivity contribution in [2.45, 2.75) is 32.8 Å². The minimum atomic E-state index is -0.970. The molecule has 5 nitrogen and oxygen atoms in total. The van der Waals surface area contributed by atoms with Crippen molar-refractivity contribution < 1.29 is 14.3 Å². The fourth-order valence-electron chi connectivity index (χ4n) is 2.35. The van der Waals surface area contributed by atoms with Gasteiger partial charge in [0.2, 0.25) is 0 Å². The van der Waals surface area contributed by atoms with Crippen LogP contribution in [0.2, 0.25) is 5.02 Å². The van der Waals surface area contributed by atoms with Gasteiger partial charge in [0.1, 0.15) is 0 Å². The third-order valence-corrected chi connectivity index (χ3v) is 3.96. The maximum atomic E-state index is 12.4. The Labute approximate surface area is 152 Å². The summed E-state index contributed by atoms with van der Waals surface area (Å²) in [4.78, 5) is 24.5. The van der Waals surface area contributed by atoms with Crippen molar-refractivity contribution in [3.8, 4) is 0 Å². The molecule has 2 aromatic carbocycles. The number of halogens is 1. The number of carbonyl (C=O) groups excluding carboxylic acids is 2. The van der Waals surface area contributed by atoms with Gasteiger partial charge in [-0.05, 0) is 42.7 Å². The molecule has 3 N–H and O–H groups in total. The summed E-state index contributed by atoms with van der Waals surface area (Å²) in [6, 6.07) is 12.0. The number of carbonyl (C=O) groups is 2. The van der Waals surface area contributed by atoms with E-state index in [1.54, 1.807) is 0 Å². The number of para-hydroxylation sites is 1. The number of hydrogen-bond donors (Lipinski definition) is 2. The van der Waals surface area contributed by atoms with Crippen molar-refractivity contribution in [3.63, 3.8) is 0 Å². The molecule has 1 atom stereocenters. The van der Waals surface area contributed by atoms with E-state index in [-0.39, 0.29) is 17.2 Å². The molecule has 0 heterocycles. The first-order valence-electron chi connectivity index (χ1n) is 7.95. The lowest BCUT2D eigenvalue weighted by Crippen LogP contribution is -2.30. The van der Waals surface area contributed by atoms with Gasteiger partial charge in [0.15, 0.2) is 6.10 Å². The van der Waals surface area contributed by atoms with Crippen LogP contribution in [0.15, 0.2) is 42.5 Å². The summed E-state index contributed by atoms with van der Waals surface area (Å²) in [6.07, 6.45) is -0.970. The molecule has 0 aliphatic carbocycles. The largest absolute Gasteiger partial charge is 0.449 e. The van der Waals surface area contributed by atoms with E-state index in [0.29, 0.717) is 10.7 Å². The van der Waals surface area contributed by atoms with Gasteiger partial charge in [0, 0.05) is 16.4 Å². The average Bonchev–Trinajstić information content (AvgIpc) is 2.54. The van der Waals surface area contributed by atoms with E-state index in [1.807, 2.05) is 38.1 Å². The van der Waals surface area contributed by atoms with Crippen molar-refractivity contribution in [2.75, 3.05) is 11.1 Å². The number of nitrogens with one attached hydrogen (secondary N) is 1. The van der Waals surface area contributed by atoms with Crippen LogP contribution in [0.3, 0.4) is 0 Å². The Hall–Kier alpha value is -2.53. The van der Waals surface area contributed by atoms with Crippen LogP contribution in [0.1, 0.15) is 42.6 Å². The summed E-state index contributed by atoms with van der Waals surface area (Å²) in [7, 11) is 0. The highest BCUT2D eigenvalue weighted by Gasteiger charge is 2.21. The number of nitrogen functional groups attached to an aromatic ring is 1. The van der Waals surface area contributed by atoms with Gasteiger partial charge in [-0.2, -0.15) is 0 Å². The van der Waals surface area contributed by atoms with Crippen LogP contribution in [0, 0.1) is 0 Å². The molecule has 2 rings (SSSR count). The molecule has 0 saturated heterocycles. The molecule has 2 aromatic rings. The van der Waals surface area contributed by atoms with E-state index < -0.39 is 18.0 Å². The molecule has 0 fully saturated rings. The number of amides is 1. The van der Waals surface area contributed by atoms with E-state index in [4.69, 9.17) is 22.1 Å². The molecular weight excluding hydrogens is 340 g/mol. The minimum absolute atomic E-state index is 0.173. The van der Waals surface area contributed by atoms with E-state index in [9.17, 15) is 9.59 Å². The van der Waals surface area contributed by atoms with Crippen molar-refractivity contribution in [3.05, 3.63) is 58.6 Å². The lowest BCUT2D eigenvalue weighted by Gasteiger charge is -2.17. The van der Waals surface area contributed by atoms with Gasteiger partial charge < -0.3 is 15.8 Å². The van der Waals surface area contributed by atoms with Crippen LogP contribution >= 0.6 is 11.6 Å². The average molecular weight is 361 g/mol. The number of hydrogen-bond acceptors (Lipinski definition) is 4. The number of rotatable bonds is 5. The quantitative estimate of drug-likeness (QED) is 0.617. The molecular formula is C19H21ClN2O3. The Kier molecular flexibility index (Phi) is 6.04. The molecule has 1 amide bonds. The monoisotopic (exact) mass is 360 g/mol. The fourth-order valence-corrected chi connectivity index (χ4v) is 2.53. The number of benzene rings is 2. The second-order valence-corrected chi connectivity index (χ2v) is 6.45. The van der Waals surface area contributed by atoms with Gasteiger partial charge in [0.05, 0.1) is 5.56 Å². The molecule has 0 radical (unpaired) electrons. The zero-order chi connectivity index (χ0) is 18.6. The van der Waals surface area contributed by atoms with Crippen LogP contribution in [-0.4, -0.2) is 18.0 Å². The van der Waals surface area contributed by atoms with Gasteiger partial charge >= 0.3 is 5.97 Å². The first-order chi connectivity index (χ1) is 11.8. The number of esters is 1. The Morgan fingerprint density at radius 1 is 1.12 bits per heavy atom. The van der Waals surface area contributed by atoms with E-state index in [2.05, 4.69) is 5.32 Å². The number of ether oxygens (including phenoxy) is 1. The van der Waals surface area contributed by atoms with Crippen LogP contribution < -0.4 is 11.1 Å². The summed E-state index contributed by atoms with van der Waals surface area (Å²) < 4.78 is 5.22. The molecule has 0 bridgehead atoms. The SMILES string of the molecule is CC(C)c1ccccc1NC(=O)[C@@H](C)OC(=O)c1ccc(Cl)cc1N. The maximum Gasteiger partial charge on any atom is 0.341 e. The van der Waals surface area contributed by atoms with Crippen molar-refractivity contribution >= 4 is 34.9 Å². The lowest BCUT2D eigenvalue weighted by molar-refractivity contribution is -0.123. The van der Waals surface area contributed by atoms with E-state index >= 15 is 0 Å². The smallest absolute Gasteiger partial charge is 0.341 e. The van der Waals surface area contributed by atoms with Gasteiger partial charge in [-0.25, -0.2) is 4.79 Å². The highest BCUT2D eigenvalue weighted by atomic mass is 35.5. The molecule has 6 heteroatoms. The van der Waals surface area contributed by atoms with Gasteiger partial charge in [0.25, 0.3) is 5.91 Å². The van der Waals surface area contributed by atoms with E-state index in [1.165, 1.54) is 25.1 Å². The molecule has 25 heavy (non-hydrogen) atoms. The highest BCUT2D eigenvalue weighted by Crippen LogP contribution is 2.24.